The molecular weight excluding hydrogens is 405 g/mol. The standard InChI is InChI=1S/C26H30FN3O2/c1-20(2)16-30(26(32)22-11-13-23(27)14-12-22)19-25(31)29(17-21-8-5-4-6-9-21)18-24-10-7-15-28(24)3/h4-15,20H,16-19H2,1-3H3. The molecule has 0 saturated carbocycles. The lowest BCUT2D eigenvalue weighted by atomic mass is 10.1. The first-order chi connectivity index (χ1) is 15.3. The third kappa shape index (κ3) is 6.30. The highest BCUT2D eigenvalue weighted by Crippen LogP contribution is 2.14. The molecule has 0 aliphatic heterocycles. The molecule has 3 aromatic rings. The molecule has 0 bridgehead atoms. The van der Waals surface area contributed by atoms with E-state index in [2.05, 4.69) is 0 Å². The lowest BCUT2D eigenvalue weighted by Gasteiger charge is -2.29. The van der Waals surface area contributed by atoms with E-state index in [-0.39, 0.29) is 24.3 Å². The Morgan fingerprint density at radius 3 is 2.19 bits per heavy atom. The van der Waals surface area contributed by atoms with Gasteiger partial charge in [-0.05, 0) is 47.9 Å². The number of rotatable bonds is 9. The van der Waals surface area contributed by atoms with Crippen LogP contribution in [0.1, 0.15) is 35.5 Å². The van der Waals surface area contributed by atoms with Crippen LogP contribution in [0.4, 0.5) is 4.39 Å². The summed E-state index contributed by atoms with van der Waals surface area (Å²) in [6.07, 6.45) is 1.95. The van der Waals surface area contributed by atoms with Crippen LogP contribution in [0.25, 0.3) is 0 Å². The molecule has 1 aromatic heterocycles. The molecule has 0 spiro atoms. The molecule has 32 heavy (non-hydrogen) atoms. The van der Waals surface area contributed by atoms with E-state index in [1.54, 1.807) is 9.80 Å². The summed E-state index contributed by atoms with van der Waals surface area (Å²) in [4.78, 5) is 29.9. The van der Waals surface area contributed by atoms with Gasteiger partial charge in [-0.2, -0.15) is 0 Å². The SMILES string of the molecule is CC(C)CN(CC(=O)N(Cc1ccccc1)Cc1cccn1C)C(=O)c1ccc(F)cc1. The summed E-state index contributed by atoms with van der Waals surface area (Å²) in [6.45, 7) is 5.29. The number of carbonyl (C=O) groups excluding carboxylic acids is 2. The molecule has 2 amide bonds. The second kappa shape index (κ2) is 10.8. The largest absolute Gasteiger partial charge is 0.353 e. The fraction of sp³-hybridized carbons (Fsp3) is 0.308. The van der Waals surface area contributed by atoms with Crippen molar-refractivity contribution in [2.24, 2.45) is 13.0 Å². The van der Waals surface area contributed by atoms with Gasteiger partial charge in [0.15, 0.2) is 0 Å². The molecule has 0 N–H and O–H groups in total. The zero-order chi connectivity index (χ0) is 23.1. The molecular formula is C26H30FN3O2. The maximum Gasteiger partial charge on any atom is 0.254 e. The zero-order valence-corrected chi connectivity index (χ0v) is 18.9. The Kier molecular flexibility index (Phi) is 7.82. The van der Waals surface area contributed by atoms with E-state index in [1.807, 2.05) is 74.1 Å². The minimum atomic E-state index is -0.398. The number of benzene rings is 2. The van der Waals surface area contributed by atoms with Crippen molar-refractivity contribution in [1.82, 2.24) is 14.4 Å². The summed E-state index contributed by atoms with van der Waals surface area (Å²) >= 11 is 0. The van der Waals surface area contributed by atoms with Gasteiger partial charge in [0.1, 0.15) is 12.4 Å². The van der Waals surface area contributed by atoms with E-state index in [4.69, 9.17) is 0 Å². The Morgan fingerprint density at radius 2 is 1.59 bits per heavy atom. The van der Waals surface area contributed by atoms with Crippen molar-refractivity contribution >= 4 is 11.8 Å². The highest BCUT2D eigenvalue weighted by molar-refractivity contribution is 5.96. The number of amides is 2. The first-order valence-corrected chi connectivity index (χ1v) is 10.8. The fourth-order valence-corrected chi connectivity index (χ4v) is 3.59. The Hall–Kier alpha value is -3.41. The van der Waals surface area contributed by atoms with Crippen molar-refractivity contribution in [3.63, 3.8) is 0 Å². The topological polar surface area (TPSA) is 45.6 Å². The lowest BCUT2D eigenvalue weighted by molar-refractivity contribution is -0.133. The molecule has 5 nitrogen and oxygen atoms in total. The number of hydrogen-bond acceptors (Lipinski definition) is 2. The van der Waals surface area contributed by atoms with Gasteiger partial charge in [0.25, 0.3) is 5.91 Å². The Morgan fingerprint density at radius 1 is 0.906 bits per heavy atom. The first-order valence-electron chi connectivity index (χ1n) is 10.8. The summed E-state index contributed by atoms with van der Waals surface area (Å²) in [7, 11) is 1.95. The summed E-state index contributed by atoms with van der Waals surface area (Å²) in [6, 6.07) is 19.2. The van der Waals surface area contributed by atoms with Gasteiger partial charge in [-0.1, -0.05) is 44.2 Å². The highest BCUT2D eigenvalue weighted by Gasteiger charge is 2.24. The molecule has 2 aromatic carbocycles. The number of nitrogens with zero attached hydrogens (tertiary/aromatic N) is 3. The van der Waals surface area contributed by atoms with Crippen molar-refractivity contribution in [3.05, 3.63) is 95.6 Å². The molecule has 0 radical (unpaired) electrons. The van der Waals surface area contributed by atoms with Crippen molar-refractivity contribution < 1.29 is 14.0 Å². The van der Waals surface area contributed by atoms with Crippen molar-refractivity contribution in [1.29, 1.82) is 0 Å². The van der Waals surface area contributed by atoms with Gasteiger partial charge in [0.05, 0.1) is 6.54 Å². The maximum absolute atomic E-state index is 13.4. The molecule has 0 unspecified atom stereocenters. The van der Waals surface area contributed by atoms with Crippen LogP contribution in [0.5, 0.6) is 0 Å². The molecule has 3 rings (SSSR count). The van der Waals surface area contributed by atoms with Crippen LogP contribution in [-0.4, -0.2) is 39.3 Å². The maximum atomic E-state index is 13.4. The summed E-state index contributed by atoms with van der Waals surface area (Å²) < 4.78 is 15.3. The fourth-order valence-electron chi connectivity index (χ4n) is 3.59. The van der Waals surface area contributed by atoms with Crippen molar-refractivity contribution in [3.8, 4) is 0 Å². The first kappa shape index (κ1) is 23.3. The lowest BCUT2D eigenvalue weighted by Crippen LogP contribution is -2.44. The van der Waals surface area contributed by atoms with Gasteiger partial charge in [-0.3, -0.25) is 9.59 Å². The van der Waals surface area contributed by atoms with Gasteiger partial charge >= 0.3 is 0 Å². The predicted octanol–water partition coefficient (Wildman–Crippen LogP) is 4.49. The van der Waals surface area contributed by atoms with Crippen LogP contribution in [0, 0.1) is 11.7 Å². The monoisotopic (exact) mass is 435 g/mol. The highest BCUT2D eigenvalue weighted by atomic mass is 19.1. The molecule has 0 aliphatic carbocycles. The van der Waals surface area contributed by atoms with E-state index in [9.17, 15) is 14.0 Å². The number of halogens is 1. The second-order valence-electron chi connectivity index (χ2n) is 8.43. The summed E-state index contributed by atoms with van der Waals surface area (Å²) in [5.41, 5.74) is 2.40. The van der Waals surface area contributed by atoms with Crippen LogP contribution in [0.2, 0.25) is 0 Å². The quantitative estimate of drug-likeness (QED) is 0.497. The van der Waals surface area contributed by atoms with E-state index >= 15 is 0 Å². The van der Waals surface area contributed by atoms with Crippen LogP contribution in [-0.2, 0) is 24.9 Å². The van der Waals surface area contributed by atoms with Crippen LogP contribution in [0.15, 0.2) is 72.9 Å². The van der Waals surface area contributed by atoms with E-state index in [0.29, 0.717) is 25.2 Å². The Labute approximate surface area is 189 Å². The third-order valence-electron chi connectivity index (χ3n) is 5.26. The predicted molar refractivity (Wildman–Crippen MR) is 123 cm³/mol. The number of aromatic nitrogens is 1. The molecule has 6 heteroatoms. The van der Waals surface area contributed by atoms with E-state index < -0.39 is 5.82 Å². The van der Waals surface area contributed by atoms with Gasteiger partial charge in [-0.15, -0.1) is 0 Å². The van der Waals surface area contributed by atoms with Gasteiger partial charge < -0.3 is 14.4 Å². The molecule has 168 valence electrons. The molecule has 0 aliphatic rings. The van der Waals surface area contributed by atoms with Crippen LogP contribution >= 0.6 is 0 Å². The second-order valence-corrected chi connectivity index (χ2v) is 8.43. The Balaban J connectivity index is 1.82. The molecule has 1 heterocycles. The normalized spacial score (nSPS) is 10.9. The summed E-state index contributed by atoms with van der Waals surface area (Å²) in [5.74, 6) is -0.621. The van der Waals surface area contributed by atoms with Gasteiger partial charge in [0, 0.05) is 37.6 Å². The zero-order valence-electron chi connectivity index (χ0n) is 18.9. The molecule has 0 fully saturated rings. The molecule has 0 saturated heterocycles. The minimum Gasteiger partial charge on any atom is -0.353 e. The average Bonchev–Trinajstić information content (AvgIpc) is 3.17. The minimum absolute atomic E-state index is 0.0361. The van der Waals surface area contributed by atoms with Crippen molar-refractivity contribution in [2.45, 2.75) is 26.9 Å². The third-order valence-corrected chi connectivity index (χ3v) is 5.26. The number of aryl methyl sites for hydroxylation is 1. The van der Waals surface area contributed by atoms with Crippen molar-refractivity contribution in [2.75, 3.05) is 13.1 Å². The van der Waals surface area contributed by atoms with E-state index in [1.165, 1.54) is 24.3 Å². The Bertz CT molecular complexity index is 1030. The smallest absolute Gasteiger partial charge is 0.254 e. The molecule has 0 atom stereocenters. The van der Waals surface area contributed by atoms with Crippen LogP contribution < -0.4 is 0 Å². The average molecular weight is 436 g/mol. The van der Waals surface area contributed by atoms with E-state index in [0.717, 1.165) is 11.3 Å². The summed E-state index contributed by atoms with van der Waals surface area (Å²) in [5, 5.41) is 0. The number of hydrogen-bond donors (Lipinski definition) is 0. The number of carbonyl (C=O) groups is 2. The van der Waals surface area contributed by atoms with Gasteiger partial charge in [0.2, 0.25) is 5.91 Å². The van der Waals surface area contributed by atoms with Gasteiger partial charge in [-0.25, -0.2) is 4.39 Å². The van der Waals surface area contributed by atoms with Crippen LogP contribution in [0.3, 0.4) is 0 Å².